The lowest BCUT2D eigenvalue weighted by molar-refractivity contribution is -0.481. The summed E-state index contributed by atoms with van der Waals surface area (Å²) in [5, 5.41) is 64.3. The predicted octanol–water partition coefficient (Wildman–Crippen LogP) is 0.414. The maximum Gasteiger partial charge on any atom is 0.271 e. The van der Waals surface area contributed by atoms with Gasteiger partial charge in [0.1, 0.15) is 11.9 Å². The Bertz CT molecular complexity index is 939. The van der Waals surface area contributed by atoms with E-state index in [0.717, 1.165) is 13.0 Å². The lowest BCUT2D eigenvalue weighted by Gasteiger charge is -2.60. The van der Waals surface area contributed by atoms with Crippen molar-refractivity contribution in [1.29, 1.82) is 0 Å². The molecule has 1 fully saturated rings. The van der Waals surface area contributed by atoms with Crippen LogP contribution >= 0.6 is 0 Å². The van der Waals surface area contributed by atoms with Crippen LogP contribution < -0.4 is 0 Å². The van der Waals surface area contributed by atoms with Crippen molar-refractivity contribution in [2.75, 3.05) is 6.61 Å². The van der Waals surface area contributed by atoms with Crippen molar-refractivity contribution in [3.05, 3.63) is 71.0 Å². The second-order valence-corrected chi connectivity index (χ2v) is 8.10. The van der Waals surface area contributed by atoms with Crippen molar-refractivity contribution in [1.82, 2.24) is 0 Å². The number of halogens is 2. The molecule has 6 N–H and O–H groups in total. The summed E-state index contributed by atoms with van der Waals surface area (Å²) in [6.07, 6.45) is -5.36. The van der Waals surface area contributed by atoms with Gasteiger partial charge in [-0.3, -0.25) is 0 Å². The highest BCUT2D eigenvalue weighted by molar-refractivity contribution is 5.33. The number of hydrogen-bond donors (Lipinski definition) is 6. The van der Waals surface area contributed by atoms with Gasteiger partial charge in [-0.25, -0.2) is 8.78 Å². The lowest BCUT2D eigenvalue weighted by atomic mass is 9.67. The number of alkyl halides is 1. The largest absolute Gasteiger partial charge is 0.393 e. The van der Waals surface area contributed by atoms with E-state index in [0.29, 0.717) is 0 Å². The number of rotatable bonds is 5. The number of aliphatic hydroxyl groups excluding tert-OH is 3. The molecule has 0 bridgehead atoms. The Labute approximate surface area is 177 Å². The Hall–Kier alpha value is -1.98. The molecule has 31 heavy (non-hydrogen) atoms. The smallest absolute Gasteiger partial charge is 0.271 e. The van der Waals surface area contributed by atoms with Crippen LogP contribution in [0.4, 0.5) is 8.78 Å². The van der Waals surface area contributed by atoms with Crippen molar-refractivity contribution in [3.63, 3.8) is 0 Å². The number of hydrogen-bond acceptors (Lipinski definition) is 7. The summed E-state index contributed by atoms with van der Waals surface area (Å²) in [6, 6.07) is 10.7. The predicted molar refractivity (Wildman–Crippen MR) is 105 cm³/mol. The zero-order valence-corrected chi connectivity index (χ0v) is 17.0. The quantitative estimate of drug-likeness (QED) is 0.397. The highest BCUT2D eigenvalue weighted by atomic mass is 19.2. The molecule has 0 aromatic heterocycles. The highest BCUT2D eigenvalue weighted by Crippen LogP contribution is 2.54. The van der Waals surface area contributed by atoms with Crippen LogP contribution in [0.2, 0.25) is 0 Å². The van der Waals surface area contributed by atoms with E-state index in [1.165, 1.54) is 43.3 Å². The van der Waals surface area contributed by atoms with E-state index in [1.807, 2.05) is 0 Å². The Balaban J connectivity index is 2.26. The SMILES string of the molecule is Cc1ccc(C[C@]2(O)[C@@](O)(c3ccccc3)O[C@](CO)([C@H](C)O)[C@@H](O)[C@@]2(O)F)cc1F. The molecule has 170 valence electrons. The van der Waals surface area contributed by atoms with Gasteiger partial charge in [0, 0.05) is 12.0 Å². The standard InChI is InChI=1S/C22H26F2O7/c1-13-8-9-15(10-17(13)23)11-20(28)21(24,29)18(27)19(12-25,14(2)26)31-22(20,30)16-6-4-3-5-7-16/h3-10,14,18,25-30H,11-12H2,1-2H3/t14-,18+,19+,20+,21-,22+/m0/s1. The molecule has 0 amide bonds. The molecule has 0 spiro atoms. The van der Waals surface area contributed by atoms with E-state index in [2.05, 4.69) is 0 Å². The molecular weight excluding hydrogens is 414 g/mol. The first-order valence-corrected chi connectivity index (χ1v) is 9.69. The van der Waals surface area contributed by atoms with E-state index in [-0.39, 0.29) is 16.7 Å². The minimum atomic E-state index is -4.02. The van der Waals surface area contributed by atoms with Gasteiger partial charge in [0.15, 0.2) is 11.2 Å². The summed E-state index contributed by atoms with van der Waals surface area (Å²) in [5.74, 6) is -7.76. The molecule has 2 aromatic rings. The second-order valence-electron chi connectivity index (χ2n) is 8.10. The van der Waals surface area contributed by atoms with Crippen molar-refractivity contribution < 1.29 is 44.2 Å². The monoisotopic (exact) mass is 440 g/mol. The molecule has 6 atom stereocenters. The Morgan fingerprint density at radius 3 is 2.23 bits per heavy atom. The van der Waals surface area contributed by atoms with Crippen molar-refractivity contribution in [2.24, 2.45) is 0 Å². The third-order valence-electron chi connectivity index (χ3n) is 6.12. The molecule has 0 radical (unpaired) electrons. The van der Waals surface area contributed by atoms with Crippen LogP contribution in [0.15, 0.2) is 48.5 Å². The average Bonchev–Trinajstić information content (AvgIpc) is 2.73. The van der Waals surface area contributed by atoms with Gasteiger partial charge in [-0.2, -0.15) is 0 Å². The van der Waals surface area contributed by atoms with E-state index in [1.54, 1.807) is 6.07 Å². The summed E-state index contributed by atoms with van der Waals surface area (Å²) >= 11 is 0. The van der Waals surface area contributed by atoms with Crippen LogP contribution in [0.1, 0.15) is 23.6 Å². The summed E-state index contributed by atoms with van der Waals surface area (Å²) in [7, 11) is 0. The zero-order chi connectivity index (χ0) is 23.2. The number of benzene rings is 2. The molecule has 1 saturated heterocycles. The minimum Gasteiger partial charge on any atom is -0.393 e. The van der Waals surface area contributed by atoms with Crippen LogP contribution in [-0.4, -0.2) is 66.5 Å². The third-order valence-corrected chi connectivity index (χ3v) is 6.12. The molecule has 1 aliphatic heterocycles. The van der Waals surface area contributed by atoms with Crippen LogP contribution in [0.5, 0.6) is 0 Å². The Kier molecular flexibility index (Phi) is 6.00. The normalized spacial score (nSPS) is 36.9. The first kappa shape index (κ1) is 23.7. The molecule has 0 aliphatic carbocycles. The summed E-state index contributed by atoms with van der Waals surface area (Å²) in [5.41, 5.74) is -5.85. The molecule has 3 rings (SSSR count). The maximum atomic E-state index is 15.9. The Morgan fingerprint density at radius 1 is 1.10 bits per heavy atom. The molecule has 1 aliphatic rings. The van der Waals surface area contributed by atoms with Gasteiger partial charge in [-0.05, 0) is 31.0 Å². The molecule has 1 heterocycles. The summed E-state index contributed by atoms with van der Waals surface area (Å²) in [6.45, 7) is 1.34. The van der Waals surface area contributed by atoms with E-state index in [4.69, 9.17) is 4.74 Å². The highest BCUT2D eigenvalue weighted by Gasteiger charge is 2.77. The molecule has 2 aromatic carbocycles. The molecule has 0 unspecified atom stereocenters. The average molecular weight is 440 g/mol. The maximum absolute atomic E-state index is 15.9. The van der Waals surface area contributed by atoms with Crippen molar-refractivity contribution in [3.8, 4) is 0 Å². The second kappa shape index (κ2) is 7.86. The molecule has 7 nitrogen and oxygen atoms in total. The topological polar surface area (TPSA) is 131 Å². The fourth-order valence-electron chi connectivity index (χ4n) is 4.01. The van der Waals surface area contributed by atoms with Gasteiger partial charge < -0.3 is 35.4 Å². The van der Waals surface area contributed by atoms with E-state index >= 15 is 4.39 Å². The van der Waals surface area contributed by atoms with E-state index in [9.17, 15) is 35.0 Å². The molecule has 9 heteroatoms. The van der Waals surface area contributed by atoms with Crippen LogP contribution in [-0.2, 0) is 16.9 Å². The van der Waals surface area contributed by atoms with Gasteiger partial charge in [0.2, 0.25) is 5.79 Å². The number of aliphatic hydroxyl groups is 6. The molecule has 0 saturated carbocycles. The van der Waals surface area contributed by atoms with Gasteiger partial charge in [0.05, 0.1) is 12.7 Å². The molecular formula is C22H26F2O7. The van der Waals surface area contributed by atoms with Gasteiger partial charge in [-0.15, -0.1) is 0 Å². The van der Waals surface area contributed by atoms with Crippen LogP contribution in [0.25, 0.3) is 0 Å². The lowest BCUT2D eigenvalue weighted by Crippen LogP contribution is -2.82. The number of ether oxygens (including phenoxy) is 1. The van der Waals surface area contributed by atoms with Crippen LogP contribution in [0, 0.1) is 12.7 Å². The third kappa shape index (κ3) is 3.37. The number of aryl methyl sites for hydroxylation is 1. The fourth-order valence-corrected chi connectivity index (χ4v) is 4.01. The Morgan fingerprint density at radius 2 is 1.71 bits per heavy atom. The van der Waals surface area contributed by atoms with Crippen molar-refractivity contribution >= 4 is 0 Å². The van der Waals surface area contributed by atoms with Gasteiger partial charge in [0.25, 0.3) is 5.85 Å². The van der Waals surface area contributed by atoms with Crippen LogP contribution in [0.3, 0.4) is 0 Å². The summed E-state index contributed by atoms with van der Waals surface area (Å²) < 4.78 is 35.5. The first-order valence-electron chi connectivity index (χ1n) is 9.69. The van der Waals surface area contributed by atoms with E-state index < -0.39 is 53.9 Å². The first-order chi connectivity index (χ1) is 14.4. The van der Waals surface area contributed by atoms with Gasteiger partial charge >= 0.3 is 0 Å². The van der Waals surface area contributed by atoms with Crippen molar-refractivity contribution in [2.45, 2.75) is 55.3 Å². The zero-order valence-electron chi connectivity index (χ0n) is 17.0. The minimum absolute atomic E-state index is 0.0135. The van der Waals surface area contributed by atoms with Gasteiger partial charge in [-0.1, -0.05) is 42.5 Å². The fraction of sp³-hybridized carbons (Fsp3) is 0.455. The summed E-state index contributed by atoms with van der Waals surface area (Å²) in [4.78, 5) is 0.